The second kappa shape index (κ2) is 30.9. The normalized spacial score (nSPS) is 31.6. The van der Waals surface area contributed by atoms with E-state index in [0.717, 1.165) is 33.4 Å². The summed E-state index contributed by atoms with van der Waals surface area (Å²) >= 11 is 0. The molecule has 0 aromatic heterocycles. The molecule has 6 N–H and O–H groups in total. The third-order valence-corrected chi connectivity index (χ3v) is 16.1. The van der Waals surface area contributed by atoms with Gasteiger partial charge < -0.3 is 97.3 Å². The Morgan fingerprint density at radius 2 is 0.586 bits per heavy atom. The predicted octanol–water partition coefficient (Wildman–Crippen LogP) is 4.91. The van der Waals surface area contributed by atoms with E-state index in [0.29, 0.717) is 0 Å². The van der Waals surface area contributed by atoms with Crippen LogP contribution in [-0.4, -0.2) is 184 Å². The highest BCUT2D eigenvalue weighted by Gasteiger charge is 2.56. The van der Waals surface area contributed by atoms with Crippen LogP contribution in [0.3, 0.4) is 0 Å². The second-order valence-corrected chi connectivity index (χ2v) is 22.4. The van der Waals surface area contributed by atoms with Gasteiger partial charge in [0.05, 0.1) is 72.7 Å². The molecule has 5 heterocycles. The number of nitrogens with zero attached hydrogens (tertiary/aromatic N) is 2. The third-order valence-electron chi connectivity index (χ3n) is 16.1. The van der Waals surface area contributed by atoms with E-state index in [-0.39, 0.29) is 72.7 Å². The van der Waals surface area contributed by atoms with Gasteiger partial charge in [0, 0.05) is 12.4 Å². The zero-order chi connectivity index (χ0) is 59.9. The van der Waals surface area contributed by atoms with Crippen LogP contribution in [0.4, 0.5) is 0 Å². The van der Waals surface area contributed by atoms with E-state index in [1.165, 1.54) is 0 Å². The van der Waals surface area contributed by atoms with Gasteiger partial charge in [0.25, 0.3) is 0 Å². The van der Waals surface area contributed by atoms with Gasteiger partial charge in [-0.2, -0.15) is 0 Å². The van der Waals surface area contributed by atoms with Gasteiger partial charge in [-0.1, -0.05) is 182 Å². The molecule has 5 aliphatic rings. The third kappa shape index (κ3) is 16.2. The summed E-state index contributed by atoms with van der Waals surface area (Å²) in [7, 11) is 0. The van der Waals surface area contributed by atoms with Crippen molar-refractivity contribution in [3.63, 3.8) is 0 Å². The number of aliphatic hydroxyl groups excluding tert-OH is 6. The molecule has 20 heteroatoms. The summed E-state index contributed by atoms with van der Waals surface area (Å²) in [5, 5.41) is 71.7. The van der Waals surface area contributed by atoms with Crippen molar-refractivity contribution < 1.29 is 87.5 Å². The molecule has 20 nitrogen and oxygen atoms in total. The van der Waals surface area contributed by atoms with Gasteiger partial charge in [-0.3, -0.25) is 0 Å². The lowest BCUT2D eigenvalue weighted by molar-refractivity contribution is -0.329. The Kier molecular flexibility index (Phi) is 22.2. The highest BCUT2D eigenvalue weighted by atomic mass is 16.7. The maximum absolute atomic E-state index is 12.5. The van der Waals surface area contributed by atoms with Crippen LogP contribution < -0.4 is 0 Å². The topological polar surface area (TPSA) is 239 Å². The zero-order valence-corrected chi connectivity index (χ0v) is 48.1. The molecule has 0 unspecified atom stereocenters. The van der Waals surface area contributed by atoms with Crippen molar-refractivity contribution in [1.82, 2.24) is 9.80 Å². The summed E-state index contributed by atoms with van der Waals surface area (Å²) in [4.78, 5) is 3.48. The highest BCUT2D eigenvalue weighted by molar-refractivity contribution is 5.18. The lowest BCUT2D eigenvalue weighted by atomic mass is 9.98. The zero-order valence-electron chi connectivity index (χ0n) is 48.1. The van der Waals surface area contributed by atoms with E-state index in [1.807, 2.05) is 182 Å². The van der Waals surface area contributed by atoms with Crippen LogP contribution in [0.25, 0.3) is 0 Å². The van der Waals surface area contributed by atoms with Crippen LogP contribution in [0.15, 0.2) is 194 Å². The van der Waals surface area contributed by atoms with Crippen LogP contribution in [0.5, 0.6) is 0 Å². The van der Waals surface area contributed by atoms with Gasteiger partial charge in [-0.25, -0.2) is 0 Å². The average molecular weight is 1200 g/mol. The minimum Gasteiger partial charge on any atom is -0.387 e. The Labute approximate surface area is 506 Å². The van der Waals surface area contributed by atoms with Crippen molar-refractivity contribution in [2.24, 2.45) is 0 Å². The number of ether oxygens (including phenoxy) is 12. The number of benzene rings is 6. The fourth-order valence-corrected chi connectivity index (χ4v) is 11.3. The SMILES string of the molecule is O[C@@H]1[C@H](O[C@H]2O[C@H](COCc3ccccc3)[C@@H](O)[C@H](O)[C@H]2OCc2ccccc2)[C@@H](COCc2ccccc2)O[C@H]1N1C=CN([C@@H]2O[C@H](COCc3ccccc3)[C@@H](O[C@H]3O[C@H](COCc4ccccc4)[C@@H](O)[C@H](O)[C@H]3OCc3ccccc3)[C@H]2O)C1. The Bertz CT molecular complexity index is 2770. The summed E-state index contributed by atoms with van der Waals surface area (Å²) in [6.07, 6.45) is -18.8. The van der Waals surface area contributed by atoms with Crippen LogP contribution in [-0.2, 0) is 96.5 Å². The van der Waals surface area contributed by atoms with Gasteiger partial charge in [-0.05, 0) is 33.4 Å². The van der Waals surface area contributed by atoms with Gasteiger partial charge in [0.1, 0.15) is 85.5 Å². The molecular formula is C67H78N2O18. The van der Waals surface area contributed by atoms with Gasteiger partial charge >= 0.3 is 0 Å². The Morgan fingerprint density at radius 1 is 0.310 bits per heavy atom. The first-order chi connectivity index (χ1) is 42.6. The predicted molar refractivity (Wildman–Crippen MR) is 313 cm³/mol. The van der Waals surface area contributed by atoms with Crippen molar-refractivity contribution in [1.29, 1.82) is 0 Å². The van der Waals surface area contributed by atoms with Gasteiger partial charge in [0.15, 0.2) is 25.0 Å². The largest absolute Gasteiger partial charge is 0.387 e. The fourth-order valence-electron chi connectivity index (χ4n) is 11.3. The van der Waals surface area contributed by atoms with Gasteiger partial charge in [0.2, 0.25) is 0 Å². The lowest BCUT2D eigenvalue weighted by Crippen LogP contribution is -2.61. The molecule has 18 atom stereocenters. The summed E-state index contributed by atoms with van der Waals surface area (Å²) in [6, 6.07) is 57.0. The van der Waals surface area contributed by atoms with Crippen molar-refractivity contribution in [2.75, 3.05) is 33.1 Å². The minimum atomic E-state index is -1.50. The summed E-state index contributed by atoms with van der Waals surface area (Å²) < 4.78 is 77.1. The number of rotatable bonds is 28. The van der Waals surface area contributed by atoms with E-state index in [9.17, 15) is 30.6 Å². The summed E-state index contributed by atoms with van der Waals surface area (Å²) in [6.45, 7) is 0.745. The van der Waals surface area contributed by atoms with E-state index in [2.05, 4.69) is 0 Å². The van der Waals surface area contributed by atoms with Crippen molar-refractivity contribution in [2.45, 2.75) is 150 Å². The Morgan fingerprint density at radius 3 is 0.885 bits per heavy atom. The fraction of sp³-hybridized carbons (Fsp3) is 0.433. The number of aliphatic hydroxyl groups is 6. The highest BCUT2D eigenvalue weighted by Crippen LogP contribution is 2.38. The molecule has 0 spiro atoms. The van der Waals surface area contributed by atoms with Crippen LogP contribution in [0, 0.1) is 0 Å². The molecule has 0 bridgehead atoms. The minimum absolute atomic E-state index is 0.0288. The molecule has 0 amide bonds. The Hall–Kier alpha value is -6.06. The molecule has 6 aromatic rings. The maximum atomic E-state index is 12.5. The first-order valence-corrected chi connectivity index (χ1v) is 29.6. The molecule has 4 saturated heterocycles. The molecule has 0 aliphatic carbocycles. The number of hydrogen-bond acceptors (Lipinski definition) is 20. The molecule has 464 valence electrons. The molecular weight excluding hydrogens is 1120 g/mol. The van der Waals surface area contributed by atoms with E-state index in [4.69, 9.17) is 56.8 Å². The molecule has 0 radical (unpaired) electrons. The molecule has 87 heavy (non-hydrogen) atoms. The van der Waals surface area contributed by atoms with Crippen LogP contribution >= 0.6 is 0 Å². The van der Waals surface area contributed by atoms with Crippen LogP contribution in [0.2, 0.25) is 0 Å². The maximum Gasteiger partial charge on any atom is 0.187 e. The van der Waals surface area contributed by atoms with Gasteiger partial charge in [-0.15, -0.1) is 0 Å². The summed E-state index contributed by atoms with van der Waals surface area (Å²) in [5.41, 5.74) is 5.25. The molecule has 5 aliphatic heterocycles. The first kappa shape index (κ1) is 62.5. The van der Waals surface area contributed by atoms with Crippen molar-refractivity contribution >= 4 is 0 Å². The van der Waals surface area contributed by atoms with E-state index in [1.54, 1.807) is 22.2 Å². The lowest BCUT2D eigenvalue weighted by Gasteiger charge is -2.43. The first-order valence-electron chi connectivity index (χ1n) is 29.6. The van der Waals surface area contributed by atoms with Crippen molar-refractivity contribution in [3.8, 4) is 0 Å². The smallest absolute Gasteiger partial charge is 0.187 e. The van der Waals surface area contributed by atoms with Crippen LogP contribution in [0.1, 0.15) is 33.4 Å². The molecule has 0 saturated carbocycles. The quantitative estimate of drug-likeness (QED) is 0.0383. The van der Waals surface area contributed by atoms with E-state index < -0.39 is 110 Å². The summed E-state index contributed by atoms with van der Waals surface area (Å²) in [5.74, 6) is 0. The average Bonchev–Trinajstić information content (AvgIpc) is 2.66. The standard InChI is InChI=1S/C67H78N2O18/c70-54-50(39-76-33-44-19-7-1-8-20-44)84-66(62(56(54)72)80-37-48-27-15-5-16-28-48)86-60-52(41-78-35-46-23-11-3-12-24-46)82-64(58(60)74)68-31-32-69(43-68)65-59(75)61(53(83-65)42-79-36-47-25-13-4-14-26-47)87-67-63(81-38-49-29-17-6-18-30-49)57(73)55(71)51(85-67)40-77-34-45-21-9-2-10-22-45/h1-32,50-67,70-75H,33-43H2/t50-,51-,52-,53-,54-,55-,56+,57+,58-,59-,60-,61-,62-,63-,64-,65-,66-,67-/m1/s1. The second-order valence-electron chi connectivity index (χ2n) is 22.4. The van der Waals surface area contributed by atoms with Crippen molar-refractivity contribution in [3.05, 3.63) is 228 Å². The van der Waals surface area contributed by atoms with E-state index >= 15 is 0 Å². The Balaban J connectivity index is 0.814. The monoisotopic (exact) mass is 1200 g/mol. The molecule has 4 fully saturated rings. The molecule has 11 rings (SSSR count). The molecule has 6 aromatic carbocycles. The number of hydrogen-bond donors (Lipinski definition) is 6.